The van der Waals surface area contributed by atoms with Gasteiger partial charge in [-0.3, -0.25) is 0 Å². The van der Waals surface area contributed by atoms with E-state index in [1.807, 2.05) is 13.0 Å². The predicted octanol–water partition coefficient (Wildman–Crippen LogP) is 2.55. The molecule has 0 aliphatic carbocycles. The molecule has 60 valence electrons. The van der Waals surface area contributed by atoms with Gasteiger partial charge in [0.1, 0.15) is 5.75 Å². The molecule has 0 aliphatic heterocycles. The summed E-state index contributed by atoms with van der Waals surface area (Å²) in [5, 5.41) is 9.36. The number of phenolic OH excluding ortho intramolecular Hbond substituents is 1. The van der Waals surface area contributed by atoms with Crippen LogP contribution in [0.4, 0.5) is 0 Å². The van der Waals surface area contributed by atoms with Crippen LogP contribution in [0, 0.1) is 6.92 Å². The lowest BCUT2D eigenvalue weighted by Gasteiger charge is -2.04. The van der Waals surface area contributed by atoms with Crippen molar-refractivity contribution in [2.45, 2.75) is 25.2 Å². The molecule has 1 N–H and O–H groups in total. The van der Waals surface area contributed by atoms with E-state index in [9.17, 15) is 5.11 Å². The van der Waals surface area contributed by atoms with Gasteiger partial charge in [-0.15, -0.1) is 12.6 Å². The standard InChI is InChI=1S/C9H12OS/c1-3-7-4-8(10)6(2)9(11)5-7/h4-5,10-11H,3H2,1-2H3. The quantitative estimate of drug-likeness (QED) is 0.617. The molecule has 0 aromatic heterocycles. The lowest BCUT2D eigenvalue weighted by molar-refractivity contribution is 0.468. The van der Waals surface area contributed by atoms with Crippen molar-refractivity contribution >= 4 is 12.6 Å². The molecule has 0 atom stereocenters. The molecule has 2 heteroatoms. The first kappa shape index (κ1) is 8.47. The van der Waals surface area contributed by atoms with E-state index >= 15 is 0 Å². The Balaban J connectivity index is 3.21. The molecule has 0 spiro atoms. The van der Waals surface area contributed by atoms with Crippen LogP contribution in [0.3, 0.4) is 0 Å². The highest BCUT2D eigenvalue weighted by atomic mass is 32.1. The van der Waals surface area contributed by atoms with E-state index in [4.69, 9.17) is 0 Å². The molecule has 0 saturated carbocycles. The van der Waals surface area contributed by atoms with E-state index in [0.717, 1.165) is 22.4 Å². The molecule has 0 unspecified atom stereocenters. The molecule has 1 aromatic carbocycles. The maximum absolute atomic E-state index is 9.36. The molecule has 0 aliphatic rings. The molecule has 1 aromatic rings. The van der Waals surface area contributed by atoms with E-state index in [1.54, 1.807) is 6.07 Å². The third-order valence-corrected chi connectivity index (χ3v) is 2.29. The van der Waals surface area contributed by atoms with Gasteiger partial charge in [0.2, 0.25) is 0 Å². The van der Waals surface area contributed by atoms with Gasteiger partial charge in [-0.1, -0.05) is 6.92 Å². The maximum Gasteiger partial charge on any atom is 0.119 e. The monoisotopic (exact) mass is 168 g/mol. The highest BCUT2D eigenvalue weighted by Gasteiger charge is 2.01. The summed E-state index contributed by atoms with van der Waals surface area (Å²) in [5.41, 5.74) is 1.98. The minimum Gasteiger partial charge on any atom is -0.508 e. The first-order valence-corrected chi connectivity index (χ1v) is 4.11. The second kappa shape index (κ2) is 3.18. The fraction of sp³-hybridized carbons (Fsp3) is 0.333. The number of aromatic hydroxyl groups is 1. The molecule has 0 fully saturated rings. The SMILES string of the molecule is CCc1cc(O)c(C)c(S)c1. The first-order chi connectivity index (χ1) is 5.15. The molecule has 1 nitrogen and oxygen atoms in total. The summed E-state index contributed by atoms with van der Waals surface area (Å²) in [6.07, 6.45) is 0.932. The topological polar surface area (TPSA) is 20.2 Å². The Morgan fingerprint density at radius 2 is 2.09 bits per heavy atom. The molecule has 0 heterocycles. The van der Waals surface area contributed by atoms with Crippen molar-refractivity contribution in [1.29, 1.82) is 0 Å². The molecule has 1 rings (SSSR count). The molecular formula is C9H12OS. The minimum atomic E-state index is 0.342. The van der Waals surface area contributed by atoms with E-state index in [2.05, 4.69) is 19.6 Å². The lowest BCUT2D eigenvalue weighted by atomic mass is 10.1. The van der Waals surface area contributed by atoms with Gasteiger partial charge in [0.25, 0.3) is 0 Å². The Labute approximate surface area is 72.5 Å². The van der Waals surface area contributed by atoms with E-state index in [-0.39, 0.29) is 0 Å². The van der Waals surface area contributed by atoms with Crippen LogP contribution in [0.1, 0.15) is 18.1 Å². The van der Waals surface area contributed by atoms with Gasteiger partial charge in [-0.05, 0) is 31.0 Å². The van der Waals surface area contributed by atoms with Crippen LogP contribution in [0.25, 0.3) is 0 Å². The average Bonchev–Trinajstić information content (AvgIpc) is 1.99. The van der Waals surface area contributed by atoms with Gasteiger partial charge in [0.05, 0.1) is 0 Å². The Morgan fingerprint density at radius 3 is 2.55 bits per heavy atom. The van der Waals surface area contributed by atoms with Gasteiger partial charge in [0.15, 0.2) is 0 Å². The predicted molar refractivity (Wildman–Crippen MR) is 49.5 cm³/mol. The summed E-state index contributed by atoms with van der Waals surface area (Å²) < 4.78 is 0. The zero-order valence-electron chi connectivity index (χ0n) is 6.76. The van der Waals surface area contributed by atoms with Crippen LogP contribution in [0.15, 0.2) is 17.0 Å². The van der Waals surface area contributed by atoms with Crippen molar-refractivity contribution in [3.05, 3.63) is 23.3 Å². The maximum atomic E-state index is 9.36. The molecular weight excluding hydrogens is 156 g/mol. The smallest absolute Gasteiger partial charge is 0.119 e. The summed E-state index contributed by atoms with van der Waals surface area (Å²) in [6, 6.07) is 3.77. The second-order valence-electron chi connectivity index (χ2n) is 2.61. The van der Waals surface area contributed by atoms with Crippen molar-refractivity contribution in [2.75, 3.05) is 0 Å². The highest BCUT2D eigenvalue weighted by molar-refractivity contribution is 7.80. The lowest BCUT2D eigenvalue weighted by Crippen LogP contribution is -1.84. The van der Waals surface area contributed by atoms with Crippen molar-refractivity contribution in [2.24, 2.45) is 0 Å². The first-order valence-electron chi connectivity index (χ1n) is 3.66. The summed E-state index contributed by atoms with van der Waals surface area (Å²) in [7, 11) is 0. The summed E-state index contributed by atoms with van der Waals surface area (Å²) >= 11 is 4.23. The number of thiol groups is 1. The molecule has 0 bridgehead atoms. The number of phenols is 1. The Morgan fingerprint density at radius 1 is 1.45 bits per heavy atom. The van der Waals surface area contributed by atoms with Gasteiger partial charge >= 0.3 is 0 Å². The number of benzene rings is 1. The zero-order valence-corrected chi connectivity index (χ0v) is 7.65. The summed E-state index contributed by atoms with van der Waals surface area (Å²) in [6.45, 7) is 3.91. The number of aryl methyl sites for hydroxylation is 1. The highest BCUT2D eigenvalue weighted by Crippen LogP contribution is 2.25. The van der Waals surface area contributed by atoms with Gasteiger partial charge < -0.3 is 5.11 Å². The van der Waals surface area contributed by atoms with Crippen molar-refractivity contribution in [3.8, 4) is 5.75 Å². The van der Waals surface area contributed by atoms with Crippen LogP contribution in [-0.4, -0.2) is 5.11 Å². The van der Waals surface area contributed by atoms with Crippen LogP contribution >= 0.6 is 12.6 Å². The van der Waals surface area contributed by atoms with E-state index < -0.39 is 0 Å². The third-order valence-electron chi connectivity index (χ3n) is 1.82. The fourth-order valence-corrected chi connectivity index (χ4v) is 1.23. The number of hydrogen-bond acceptors (Lipinski definition) is 2. The van der Waals surface area contributed by atoms with Crippen LogP contribution in [0.5, 0.6) is 5.75 Å². The van der Waals surface area contributed by atoms with Crippen LogP contribution < -0.4 is 0 Å². The average molecular weight is 168 g/mol. The number of rotatable bonds is 1. The second-order valence-corrected chi connectivity index (χ2v) is 3.09. The van der Waals surface area contributed by atoms with E-state index in [1.165, 1.54) is 0 Å². The largest absolute Gasteiger partial charge is 0.508 e. The molecule has 0 radical (unpaired) electrons. The summed E-state index contributed by atoms with van der Waals surface area (Å²) in [4.78, 5) is 0.863. The zero-order chi connectivity index (χ0) is 8.43. The summed E-state index contributed by atoms with van der Waals surface area (Å²) in [5.74, 6) is 0.342. The van der Waals surface area contributed by atoms with Crippen LogP contribution in [-0.2, 0) is 6.42 Å². The third kappa shape index (κ3) is 1.69. The van der Waals surface area contributed by atoms with E-state index in [0.29, 0.717) is 5.75 Å². The molecule has 11 heavy (non-hydrogen) atoms. The molecule has 0 saturated heterocycles. The van der Waals surface area contributed by atoms with Crippen LogP contribution in [0.2, 0.25) is 0 Å². The van der Waals surface area contributed by atoms with Crippen molar-refractivity contribution < 1.29 is 5.11 Å². The van der Waals surface area contributed by atoms with Gasteiger partial charge in [-0.25, -0.2) is 0 Å². The van der Waals surface area contributed by atoms with Gasteiger partial charge in [0, 0.05) is 10.5 Å². The van der Waals surface area contributed by atoms with Crippen molar-refractivity contribution in [3.63, 3.8) is 0 Å². The Bertz CT molecular complexity index is 245. The fourth-order valence-electron chi connectivity index (χ4n) is 0.945. The Hall–Kier alpha value is -0.630. The number of hydrogen-bond donors (Lipinski definition) is 2. The molecule has 0 amide bonds. The van der Waals surface area contributed by atoms with Gasteiger partial charge in [-0.2, -0.15) is 0 Å². The minimum absolute atomic E-state index is 0.342. The van der Waals surface area contributed by atoms with Crippen molar-refractivity contribution in [1.82, 2.24) is 0 Å². The normalized spacial score (nSPS) is 10.1. The Kier molecular flexibility index (Phi) is 2.45.